The molecule has 1 aromatic carbocycles. The van der Waals surface area contributed by atoms with Gasteiger partial charge in [0.2, 0.25) is 5.91 Å². The second-order valence-electron chi connectivity index (χ2n) is 4.78. The first-order chi connectivity index (χ1) is 9.10. The summed E-state index contributed by atoms with van der Waals surface area (Å²) in [6.45, 7) is 2.98. The number of ether oxygens (including phenoxy) is 1. The quantitative estimate of drug-likeness (QED) is 0.842. The lowest BCUT2D eigenvalue weighted by molar-refractivity contribution is -0.125. The van der Waals surface area contributed by atoms with Crippen molar-refractivity contribution in [2.45, 2.75) is 19.4 Å². The van der Waals surface area contributed by atoms with Crippen molar-refractivity contribution in [3.05, 3.63) is 35.9 Å². The number of amides is 1. The van der Waals surface area contributed by atoms with Crippen LogP contribution in [0, 0.1) is 0 Å². The van der Waals surface area contributed by atoms with Crippen molar-refractivity contribution in [1.29, 1.82) is 0 Å². The molecule has 0 unspecified atom stereocenters. The summed E-state index contributed by atoms with van der Waals surface area (Å²) in [6, 6.07) is 7.60. The molecule has 1 aliphatic heterocycles. The van der Waals surface area contributed by atoms with E-state index in [9.17, 15) is 9.90 Å². The van der Waals surface area contributed by atoms with Gasteiger partial charge in [-0.25, -0.2) is 0 Å². The Morgan fingerprint density at radius 3 is 2.63 bits per heavy atom. The predicted octanol–water partition coefficient (Wildman–Crippen LogP) is 1.69. The topological polar surface area (TPSA) is 49.8 Å². The Labute approximate surface area is 113 Å². The minimum atomic E-state index is -0.376. The molecule has 1 aromatic rings. The van der Waals surface area contributed by atoms with Crippen LogP contribution in [0.25, 0.3) is 5.57 Å². The average molecular weight is 261 g/mol. The van der Waals surface area contributed by atoms with Crippen LogP contribution in [0.15, 0.2) is 30.3 Å². The van der Waals surface area contributed by atoms with Crippen LogP contribution in [-0.2, 0) is 4.79 Å². The van der Waals surface area contributed by atoms with Crippen LogP contribution < -0.4 is 4.74 Å². The molecular formula is C15H19NO3. The number of aliphatic hydroxyl groups excluding tert-OH is 1. The number of benzene rings is 1. The fourth-order valence-corrected chi connectivity index (χ4v) is 2.16. The fourth-order valence-electron chi connectivity index (χ4n) is 2.16. The number of hydrogen-bond donors (Lipinski definition) is 1. The van der Waals surface area contributed by atoms with Gasteiger partial charge in [-0.1, -0.05) is 12.1 Å². The first-order valence-electron chi connectivity index (χ1n) is 6.40. The van der Waals surface area contributed by atoms with Crippen LogP contribution in [0.4, 0.5) is 0 Å². The maximum absolute atomic E-state index is 12.0. The molecule has 1 saturated heterocycles. The maximum atomic E-state index is 12.0. The minimum Gasteiger partial charge on any atom is -0.497 e. The van der Waals surface area contributed by atoms with E-state index >= 15 is 0 Å². The van der Waals surface area contributed by atoms with Gasteiger partial charge < -0.3 is 14.7 Å². The van der Waals surface area contributed by atoms with Crippen molar-refractivity contribution >= 4 is 11.5 Å². The first kappa shape index (κ1) is 13.6. The molecule has 0 bridgehead atoms. The van der Waals surface area contributed by atoms with Crippen molar-refractivity contribution in [2.24, 2.45) is 0 Å². The van der Waals surface area contributed by atoms with Crippen LogP contribution >= 0.6 is 0 Å². The molecule has 1 N–H and O–H groups in total. The second-order valence-corrected chi connectivity index (χ2v) is 4.78. The Kier molecular flexibility index (Phi) is 4.22. The lowest BCUT2D eigenvalue weighted by Gasteiger charge is -2.13. The minimum absolute atomic E-state index is 0.0372. The van der Waals surface area contributed by atoms with Crippen molar-refractivity contribution < 1.29 is 14.6 Å². The summed E-state index contributed by atoms with van der Waals surface area (Å²) in [6.07, 6.45) is 1.92. The molecular weight excluding hydrogens is 242 g/mol. The van der Waals surface area contributed by atoms with Gasteiger partial charge in [-0.05, 0) is 36.6 Å². The largest absolute Gasteiger partial charge is 0.497 e. The van der Waals surface area contributed by atoms with Crippen molar-refractivity contribution in [3.8, 4) is 5.75 Å². The van der Waals surface area contributed by atoms with E-state index in [1.165, 1.54) is 0 Å². The molecule has 1 amide bonds. The fraction of sp³-hybridized carbons (Fsp3) is 0.400. The third kappa shape index (κ3) is 3.35. The standard InChI is InChI=1S/C15H19NO3/c1-11(12-3-5-14(19-2)6-4-12)9-15(18)16-8-7-13(17)10-16/h3-6,9,13,17H,7-8,10H2,1-2H3/t13-/m1/s1. The summed E-state index contributed by atoms with van der Waals surface area (Å²) in [5.41, 5.74) is 1.91. The summed E-state index contributed by atoms with van der Waals surface area (Å²) >= 11 is 0. The van der Waals surface area contributed by atoms with Crippen molar-refractivity contribution in [1.82, 2.24) is 4.90 Å². The number of hydrogen-bond acceptors (Lipinski definition) is 3. The summed E-state index contributed by atoms with van der Waals surface area (Å²) in [7, 11) is 1.62. The van der Waals surface area contributed by atoms with E-state index in [4.69, 9.17) is 4.74 Å². The molecule has 0 saturated carbocycles. The average Bonchev–Trinajstić information content (AvgIpc) is 2.85. The Bertz CT molecular complexity index is 479. The molecule has 1 heterocycles. The Hall–Kier alpha value is -1.81. The monoisotopic (exact) mass is 261 g/mol. The third-order valence-electron chi connectivity index (χ3n) is 3.36. The van der Waals surface area contributed by atoms with Crippen LogP contribution in [0.2, 0.25) is 0 Å². The zero-order valence-electron chi connectivity index (χ0n) is 11.3. The number of carbonyl (C=O) groups is 1. The van der Waals surface area contributed by atoms with E-state index < -0.39 is 0 Å². The number of methoxy groups -OCH3 is 1. The van der Waals surface area contributed by atoms with E-state index in [0.717, 1.165) is 16.9 Å². The summed E-state index contributed by atoms with van der Waals surface area (Å²) in [4.78, 5) is 13.7. The second kappa shape index (κ2) is 5.89. The molecule has 1 fully saturated rings. The van der Waals surface area contributed by atoms with Gasteiger partial charge in [0.05, 0.1) is 13.2 Å². The number of likely N-dealkylation sites (tertiary alicyclic amines) is 1. The molecule has 4 heteroatoms. The smallest absolute Gasteiger partial charge is 0.246 e. The Morgan fingerprint density at radius 2 is 2.11 bits per heavy atom. The molecule has 1 atom stereocenters. The highest BCUT2D eigenvalue weighted by Gasteiger charge is 2.23. The molecule has 0 radical (unpaired) electrons. The molecule has 4 nitrogen and oxygen atoms in total. The number of aliphatic hydroxyl groups is 1. The van der Waals surface area contributed by atoms with Gasteiger partial charge in [0, 0.05) is 19.2 Å². The highest BCUT2D eigenvalue weighted by molar-refractivity contribution is 5.95. The number of carbonyl (C=O) groups excluding carboxylic acids is 1. The molecule has 102 valence electrons. The van der Waals surface area contributed by atoms with Crippen LogP contribution in [0.1, 0.15) is 18.9 Å². The molecule has 2 rings (SSSR count). The molecule has 19 heavy (non-hydrogen) atoms. The number of allylic oxidation sites excluding steroid dienone is 1. The highest BCUT2D eigenvalue weighted by Crippen LogP contribution is 2.19. The third-order valence-corrected chi connectivity index (χ3v) is 3.36. The number of nitrogens with zero attached hydrogens (tertiary/aromatic N) is 1. The van der Waals surface area contributed by atoms with Gasteiger partial charge >= 0.3 is 0 Å². The predicted molar refractivity (Wildman–Crippen MR) is 73.8 cm³/mol. The maximum Gasteiger partial charge on any atom is 0.246 e. The lowest BCUT2D eigenvalue weighted by Crippen LogP contribution is -2.27. The van der Waals surface area contributed by atoms with E-state index in [1.54, 1.807) is 18.1 Å². The van der Waals surface area contributed by atoms with Gasteiger partial charge in [-0.15, -0.1) is 0 Å². The van der Waals surface area contributed by atoms with Gasteiger partial charge in [-0.2, -0.15) is 0 Å². The first-order valence-corrected chi connectivity index (χ1v) is 6.40. The molecule has 0 aromatic heterocycles. The van der Waals surface area contributed by atoms with Gasteiger partial charge in [0.1, 0.15) is 5.75 Å². The Morgan fingerprint density at radius 1 is 1.42 bits per heavy atom. The van der Waals surface area contributed by atoms with E-state index in [2.05, 4.69) is 0 Å². The van der Waals surface area contributed by atoms with Crippen molar-refractivity contribution in [3.63, 3.8) is 0 Å². The van der Waals surface area contributed by atoms with Gasteiger partial charge in [-0.3, -0.25) is 4.79 Å². The van der Waals surface area contributed by atoms with Gasteiger partial charge in [0.15, 0.2) is 0 Å². The highest BCUT2D eigenvalue weighted by atomic mass is 16.5. The molecule has 0 spiro atoms. The molecule has 1 aliphatic rings. The normalized spacial score (nSPS) is 19.6. The number of rotatable bonds is 3. The van der Waals surface area contributed by atoms with E-state index in [-0.39, 0.29) is 12.0 Å². The van der Waals surface area contributed by atoms with Gasteiger partial charge in [0.25, 0.3) is 0 Å². The van der Waals surface area contributed by atoms with E-state index in [1.807, 2.05) is 31.2 Å². The summed E-state index contributed by atoms with van der Waals surface area (Å²) < 4.78 is 5.10. The van der Waals surface area contributed by atoms with E-state index in [0.29, 0.717) is 19.5 Å². The molecule has 0 aliphatic carbocycles. The van der Waals surface area contributed by atoms with Crippen LogP contribution in [-0.4, -0.2) is 42.2 Å². The van der Waals surface area contributed by atoms with Crippen LogP contribution in [0.5, 0.6) is 5.75 Å². The van der Waals surface area contributed by atoms with Crippen molar-refractivity contribution in [2.75, 3.05) is 20.2 Å². The summed E-state index contributed by atoms with van der Waals surface area (Å²) in [5, 5.41) is 9.43. The lowest BCUT2D eigenvalue weighted by atomic mass is 10.1. The SMILES string of the molecule is COc1ccc(C(C)=CC(=O)N2CC[C@@H](O)C2)cc1. The Balaban J connectivity index is 2.07. The zero-order valence-corrected chi connectivity index (χ0v) is 11.3. The number of β-amino-alcohol motifs (C(OH)–C–C–N with tert-alkyl or cyclic N) is 1. The van der Waals surface area contributed by atoms with Crippen LogP contribution in [0.3, 0.4) is 0 Å². The zero-order chi connectivity index (χ0) is 13.8. The summed E-state index contributed by atoms with van der Waals surface area (Å²) in [5.74, 6) is 0.760.